The lowest BCUT2D eigenvalue weighted by Gasteiger charge is -2.06. The van der Waals surface area contributed by atoms with Crippen LogP contribution in [0.5, 0.6) is 0 Å². The minimum Gasteiger partial charge on any atom is -0.322 e. The van der Waals surface area contributed by atoms with E-state index in [9.17, 15) is 4.79 Å². The SMILES string of the molecule is Cc1cccc(NC(=O)c2cccc([NH2+]O)c2)c1. The van der Waals surface area contributed by atoms with Gasteiger partial charge in [-0.1, -0.05) is 18.2 Å². The van der Waals surface area contributed by atoms with Gasteiger partial charge in [0.15, 0.2) is 5.69 Å². The zero-order valence-corrected chi connectivity index (χ0v) is 10.1. The van der Waals surface area contributed by atoms with Crippen LogP contribution in [0.15, 0.2) is 48.5 Å². The molecule has 0 spiro atoms. The molecule has 2 aromatic rings. The fourth-order valence-corrected chi connectivity index (χ4v) is 1.69. The first-order chi connectivity index (χ1) is 8.69. The van der Waals surface area contributed by atoms with Crippen molar-refractivity contribution in [1.29, 1.82) is 0 Å². The fourth-order valence-electron chi connectivity index (χ4n) is 1.69. The number of benzene rings is 2. The van der Waals surface area contributed by atoms with E-state index < -0.39 is 0 Å². The van der Waals surface area contributed by atoms with Gasteiger partial charge in [0, 0.05) is 23.4 Å². The maximum absolute atomic E-state index is 12.0. The number of anilines is 1. The molecule has 0 fully saturated rings. The van der Waals surface area contributed by atoms with Gasteiger partial charge in [-0.3, -0.25) is 4.79 Å². The fraction of sp³-hybridized carbons (Fsp3) is 0.0714. The molecule has 0 heterocycles. The third-order valence-corrected chi connectivity index (χ3v) is 2.57. The highest BCUT2D eigenvalue weighted by molar-refractivity contribution is 6.04. The van der Waals surface area contributed by atoms with Crippen molar-refractivity contribution in [2.24, 2.45) is 0 Å². The van der Waals surface area contributed by atoms with Gasteiger partial charge in [-0.25, -0.2) is 5.21 Å². The van der Waals surface area contributed by atoms with Crippen molar-refractivity contribution in [2.45, 2.75) is 6.92 Å². The molecule has 0 radical (unpaired) electrons. The summed E-state index contributed by atoms with van der Waals surface area (Å²) in [6.07, 6.45) is 0. The summed E-state index contributed by atoms with van der Waals surface area (Å²) in [5.74, 6) is -0.190. The van der Waals surface area contributed by atoms with Gasteiger partial charge in [0.05, 0.1) is 0 Å². The second-order valence-corrected chi connectivity index (χ2v) is 4.08. The highest BCUT2D eigenvalue weighted by Crippen LogP contribution is 2.12. The normalized spacial score (nSPS) is 10.1. The predicted molar refractivity (Wildman–Crippen MR) is 68.9 cm³/mol. The largest absolute Gasteiger partial charge is 0.322 e. The molecule has 4 N–H and O–H groups in total. The molecule has 0 saturated heterocycles. The van der Waals surface area contributed by atoms with Gasteiger partial charge >= 0.3 is 0 Å². The van der Waals surface area contributed by atoms with Gasteiger partial charge in [-0.05, 0) is 30.7 Å². The van der Waals surface area contributed by atoms with Crippen LogP contribution in [0.1, 0.15) is 15.9 Å². The first-order valence-corrected chi connectivity index (χ1v) is 5.64. The Kier molecular flexibility index (Phi) is 3.72. The summed E-state index contributed by atoms with van der Waals surface area (Å²) in [7, 11) is 0. The van der Waals surface area contributed by atoms with Crippen molar-refractivity contribution >= 4 is 17.3 Å². The molecule has 92 valence electrons. The molecule has 0 unspecified atom stereocenters. The van der Waals surface area contributed by atoms with Crippen molar-refractivity contribution in [3.05, 3.63) is 59.7 Å². The van der Waals surface area contributed by atoms with Crippen LogP contribution in [0.25, 0.3) is 0 Å². The molecular formula is C14H15N2O2+. The van der Waals surface area contributed by atoms with E-state index in [1.165, 1.54) is 0 Å². The van der Waals surface area contributed by atoms with Gasteiger partial charge in [0.2, 0.25) is 0 Å². The summed E-state index contributed by atoms with van der Waals surface area (Å²) >= 11 is 0. The molecule has 0 bridgehead atoms. The van der Waals surface area contributed by atoms with Crippen molar-refractivity contribution in [2.75, 3.05) is 5.32 Å². The molecule has 0 aliphatic rings. The molecule has 0 aliphatic heterocycles. The lowest BCUT2D eigenvalue weighted by atomic mass is 10.1. The van der Waals surface area contributed by atoms with Gasteiger partial charge < -0.3 is 5.32 Å². The maximum Gasteiger partial charge on any atom is 0.255 e. The number of quaternary nitrogens is 1. The van der Waals surface area contributed by atoms with E-state index in [2.05, 4.69) is 5.32 Å². The smallest absolute Gasteiger partial charge is 0.255 e. The first-order valence-electron chi connectivity index (χ1n) is 5.64. The monoisotopic (exact) mass is 243 g/mol. The molecule has 4 nitrogen and oxygen atoms in total. The Morgan fingerprint density at radius 1 is 1.17 bits per heavy atom. The van der Waals surface area contributed by atoms with Gasteiger partial charge in [0.1, 0.15) is 0 Å². The summed E-state index contributed by atoms with van der Waals surface area (Å²) in [5, 5.41) is 11.7. The molecular weight excluding hydrogens is 228 g/mol. The Hall–Kier alpha value is -2.17. The molecule has 0 saturated carbocycles. The highest BCUT2D eigenvalue weighted by atomic mass is 16.5. The summed E-state index contributed by atoms with van der Waals surface area (Å²) in [6, 6.07) is 14.4. The molecule has 1 amide bonds. The number of nitrogens with one attached hydrogen (secondary N) is 1. The van der Waals surface area contributed by atoms with Crippen LogP contribution in [0, 0.1) is 6.92 Å². The minimum atomic E-state index is -0.190. The third kappa shape index (κ3) is 2.94. The zero-order valence-electron chi connectivity index (χ0n) is 10.1. The second kappa shape index (κ2) is 5.44. The maximum atomic E-state index is 12.0. The number of carbonyl (C=O) groups excluding carboxylic acids is 1. The number of rotatable bonds is 3. The minimum absolute atomic E-state index is 0.190. The summed E-state index contributed by atoms with van der Waals surface area (Å²) in [4.78, 5) is 12.0. The van der Waals surface area contributed by atoms with Crippen LogP contribution >= 0.6 is 0 Å². The van der Waals surface area contributed by atoms with Crippen LogP contribution in [0.3, 0.4) is 0 Å². The number of nitrogens with two attached hydrogens (primary N) is 1. The Morgan fingerprint density at radius 2 is 1.94 bits per heavy atom. The molecule has 2 aromatic carbocycles. The van der Waals surface area contributed by atoms with Crippen LogP contribution in [-0.2, 0) is 0 Å². The van der Waals surface area contributed by atoms with Crippen LogP contribution < -0.4 is 10.8 Å². The molecule has 18 heavy (non-hydrogen) atoms. The van der Waals surface area contributed by atoms with E-state index in [1.807, 2.05) is 31.2 Å². The quantitative estimate of drug-likeness (QED) is 0.568. The first kappa shape index (κ1) is 12.3. The van der Waals surface area contributed by atoms with Crippen molar-refractivity contribution in [3.8, 4) is 0 Å². The number of hydrogen-bond acceptors (Lipinski definition) is 2. The summed E-state index contributed by atoms with van der Waals surface area (Å²) < 4.78 is 0. The van der Waals surface area contributed by atoms with Crippen molar-refractivity contribution in [1.82, 2.24) is 0 Å². The van der Waals surface area contributed by atoms with Crippen LogP contribution in [0.2, 0.25) is 0 Å². The molecule has 2 rings (SSSR count). The Morgan fingerprint density at radius 3 is 2.67 bits per heavy atom. The topological polar surface area (TPSA) is 65.9 Å². The van der Waals surface area contributed by atoms with E-state index in [1.54, 1.807) is 24.3 Å². The predicted octanol–water partition coefficient (Wildman–Crippen LogP) is 1.83. The average molecular weight is 243 g/mol. The Bertz CT molecular complexity index is 567. The van der Waals surface area contributed by atoms with E-state index in [0.29, 0.717) is 11.3 Å². The van der Waals surface area contributed by atoms with Crippen molar-refractivity contribution in [3.63, 3.8) is 0 Å². The molecule has 0 aromatic heterocycles. The van der Waals surface area contributed by atoms with Crippen molar-refractivity contribution < 1.29 is 15.5 Å². The molecule has 4 heteroatoms. The standard InChI is InChI=1S/C14H14N2O2/c1-10-4-2-6-12(8-10)15-14(17)11-5-3-7-13(9-11)16-18/h2-9,16,18H,1H3,(H,15,17)/p+1. The average Bonchev–Trinajstić information content (AvgIpc) is 2.39. The Balaban J connectivity index is 2.16. The van der Waals surface area contributed by atoms with Gasteiger partial charge in [0.25, 0.3) is 5.91 Å². The van der Waals surface area contributed by atoms with E-state index in [0.717, 1.165) is 16.7 Å². The van der Waals surface area contributed by atoms with Gasteiger partial charge in [-0.15, -0.1) is 0 Å². The van der Waals surface area contributed by atoms with E-state index in [-0.39, 0.29) is 5.91 Å². The van der Waals surface area contributed by atoms with E-state index >= 15 is 0 Å². The number of hydrogen-bond donors (Lipinski definition) is 3. The number of aryl methyl sites for hydroxylation is 1. The zero-order chi connectivity index (χ0) is 13.0. The van der Waals surface area contributed by atoms with Crippen LogP contribution in [-0.4, -0.2) is 11.1 Å². The lowest BCUT2D eigenvalue weighted by Crippen LogP contribution is -2.73. The highest BCUT2D eigenvalue weighted by Gasteiger charge is 2.07. The summed E-state index contributed by atoms with van der Waals surface area (Å²) in [5.41, 5.74) is 3.94. The van der Waals surface area contributed by atoms with E-state index in [4.69, 9.17) is 5.21 Å². The van der Waals surface area contributed by atoms with Crippen LogP contribution in [0.4, 0.5) is 11.4 Å². The number of carbonyl (C=O) groups is 1. The molecule has 0 atom stereocenters. The third-order valence-electron chi connectivity index (χ3n) is 2.57. The second-order valence-electron chi connectivity index (χ2n) is 4.08. The lowest BCUT2D eigenvalue weighted by molar-refractivity contribution is -0.825. The summed E-state index contributed by atoms with van der Waals surface area (Å²) in [6.45, 7) is 1.97. The van der Waals surface area contributed by atoms with Gasteiger partial charge in [-0.2, -0.15) is 5.48 Å². The Labute approximate surface area is 105 Å². The number of amides is 1. The molecule has 0 aliphatic carbocycles.